The van der Waals surface area contributed by atoms with Crippen LogP contribution in [0.25, 0.3) is 5.69 Å². The van der Waals surface area contributed by atoms with E-state index in [1.54, 1.807) is 48.3 Å². The van der Waals surface area contributed by atoms with E-state index in [1.165, 1.54) is 16.8 Å². The molecular formula is C29H27F5N4O2. The van der Waals surface area contributed by atoms with Gasteiger partial charge < -0.3 is 9.30 Å². The molecule has 11 heteroatoms. The van der Waals surface area contributed by atoms with Crippen LogP contribution in [-0.4, -0.2) is 32.2 Å². The molecule has 6 nitrogen and oxygen atoms in total. The molecule has 0 radical (unpaired) electrons. The van der Waals surface area contributed by atoms with Gasteiger partial charge in [0.25, 0.3) is 0 Å². The minimum atomic E-state index is -4.61. The minimum Gasteiger partial charge on any atom is -0.497 e. The number of ketones is 1. The van der Waals surface area contributed by atoms with Crippen LogP contribution in [0, 0.1) is 11.6 Å². The number of halogens is 5. The van der Waals surface area contributed by atoms with E-state index in [4.69, 9.17) is 4.74 Å². The molecule has 1 aliphatic carbocycles. The highest BCUT2D eigenvalue weighted by molar-refractivity contribution is 5.79. The summed E-state index contributed by atoms with van der Waals surface area (Å²) in [6, 6.07) is 10.3. The molecule has 210 valence electrons. The van der Waals surface area contributed by atoms with Gasteiger partial charge >= 0.3 is 6.18 Å². The van der Waals surface area contributed by atoms with Crippen LogP contribution in [-0.2, 0) is 36.8 Å². The van der Waals surface area contributed by atoms with Crippen LogP contribution in [0.5, 0.6) is 5.75 Å². The predicted molar refractivity (Wildman–Crippen MR) is 136 cm³/mol. The number of nitrogens with zero attached hydrogens (tertiary/aromatic N) is 4. The van der Waals surface area contributed by atoms with Gasteiger partial charge in [0.05, 0.1) is 13.7 Å². The third kappa shape index (κ3) is 5.93. The summed E-state index contributed by atoms with van der Waals surface area (Å²) in [6.07, 6.45) is 0.657. The van der Waals surface area contributed by atoms with Crippen LogP contribution in [0.3, 0.4) is 0 Å². The van der Waals surface area contributed by atoms with Crippen molar-refractivity contribution in [3.8, 4) is 11.4 Å². The summed E-state index contributed by atoms with van der Waals surface area (Å²) in [7, 11) is 1.55. The molecule has 0 spiro atoms. The van der Waals surface area contributed by atoms with Crippen molar-refractivity contribution in [3.63, 3.8) is 0 Å². The number of aromatic nitrogens is 4. The minimum absolute atomic E-state index is 0.0819. The number of rotatable bonds is 9. The maximum absolute atomic E-state index is 14.0. The number of fused-ring (bicyclic) bond motifs is 1. The molecule has 2 heterocycles. The maximum atomic E-state index is 14.0. The molecule has 2 aromatic heterocycles. The molecule has 1 aliphatic rings. The summed E-state index contributed by atoms with van der Waals surface area (Å²) in [5, 5.41) is 3.80. The SMILES string of the molecule is COc1ccc(-n2ccnc2[C@H](CC(=O)Cn2nc(C(F)(F)F)c3c2CCCC3)Cc2cc(F)cc(F)c2)cc1. The Morgan fingerprint density at radius 2 is 1.75 bits per heavy atom. The smallest absolute Gasteiger partial charge is 0.435 e. The fraction of sp³-hybridized carbons (Fsp3) is 0.345. The number of benzene rings is 2. The first kappa shape index (κ1) is 27.5. The molecule has 0 amide bonds. The summed E-state index contributed by atoms with van der Waals surface area (Å²) in [5.74, 6) is -1.37. The highest BCUT2D eigenvalue weighted by Crippen LogP contribution is 2.36. The molecule has 1 atom stereocenters. The van der Waals surface area contributed by atoms with E-state index in [2.05, 4.69) is 10.1 Å². The van der Waals surface area contributed by atoms with Crippen LogP contribution in [0.1, 0.15) is 53.5 Å². The number of hydrogen-bond acceptors (Lipinski definition) is 4. The summed E-state index contributed by atoms with van der Waals surface area (Å²) in [5.41, 5.74) is 0.725. The lowest BCUT2D eigenvalue weighted by atomic mass is 9.92. The van der Waals surface area contributed by atoms with Gasteiger partial charge in [-0.2, -0.15) is 18.3 Å². The quantitative estimate of drug-likeness (QED) is 0.228. The molecule has 0 aliphatic heterocycles. The monoisotopic (exact) mass is 558 g/mol. The summed E-state index contributed by atoms with van der Waals surface area (Å²) < 4.78 is 77.1. The standard InChI is InChI=1S/C29H27F5N4O2/c1-40-24-8-6-22(7-9-24)37-11-10-35-28(37)19(12-18-13-20(30)16-21(31)14-18)15-23(39)17-38-26-5-3-2-4-25(26)27(36-38)29(32,33)34/h6-11,13-14,16,19H,2-5,12,15,17H2,1H3/t19-/m0/s1. The number of imidazole rings is 1. The Hall–Kier alpha value is -4.02. The Morgan fingerprint density at radius 1 is 1.05 bits per heavy atom. The number of carbonyl (C=O) groups is 1. The lowest BCUT2D eigenvalue weighted by Crippen LogP contribution is -2.20. The average Bonchev–Trinajstić information content (AvgIpc) is 3.53. The Balaban J connectivity index is 1.46. The van der Waals surface area contributed by atoms with Crippen LogP contribution < -0.4 is 4.74 Å². The van der Waals surface area contributed by atoms with E-state index in [0.29, 0.717) is 35.7 Å². The summed E-state index contributed by atoms with van der Waals surface area (Å²) in [6.45, 7) is -0.338. The highest BCUT2D eigenvalue weighted by atomic mass is 19.4. The van der Waals surface area contributed by atoms with Crippen LogP contribution in [0.4, 0.5) is 22.0 Å². The largest absolute Gasteiger partial charge is 0.497 e. The van der Waals surface area contributed by atoms with Crippen molar-refractivity contribution in [3.05, 3.63) is 94.8 Å². The summed E-state index contributed by atoms with van der Waals surface area (Å²) in [4.78, 5) is 17.8. The van der Waals surface area contributed by atoms with Crippen LogP contribution in [0.2, 0.25) is 0 Å². The zero-order chi connectivity index (χ0) is 28.4. The first-order valence-electron chi connectivity index (χ1n) is 12.9. The number of methoxy groups -OCH3 is 1. The average molecular weight is 559 g/mol. The van der Waals surface area contributed by atoms with E-state index in [9.17, 15) is 26.7 Å². The number of hydrogen-bond donors (Lipinski definition) is 0. The first-order valence-corrected chi connectivity index (χ1v) is 12.9. The molecule has 4 aromatic rings. The molecule has 40 heavy (non-hydrogen) atoms. The normalized spacial score (nSPS) is 14.2. The molecule has 0 saturated heterocycles. The fourth-order valence-corrected chi connectivity index (χ4v) is 5.38. The molecule has 0 unspecified atom stereocenters. The van der Waals surface area contributed by atoms with Gasteiger partial charge in [0.2, 0.25) is 0 Å². The molecule has 2 aromatic carbocycles. The second-order valence-corrected chi connectivity index (χ2v) is 9.91. The van der Waals surface area contributed by atoms with E-state index in [-0.39, 0.29) is 37.2 Å². The zero-order valence-corrected chi connectivity index (χ0v) is 21.7. The van der Waals surface area contributed by atoms with Gasteiger partial charge in [-0.15, -0.1) is 0 Å². The van der Waals surface area contributed by atoms with Crippen molar-refractivity contribution in [2.75, 3.05) is 7.11 Å². The molecule has 5 rings (SSSR count). The Bertz CT molecular complexity index is 1490. The van der Waals surface area contributed by atoms with Gasteiger partial charge in [0.1, 0.15) is 23.2 Å². The van der Waals surface area contributed by atoms with Crippen LogP contribution in [0.15, 0.2) is 54.9 Å². The van der Waals surface area contributed by atoms with Gasteiger partial charge in [-0.25, -0.2) is 13.8 Å². The van der Waals surface area contributed by atoms with Gasteiger partial charge in [0.15, 0.2) is 11.5 Å². The maximum Gasteiger partial charge on any atom is 0.435 e. The topological polar surface area (TPSA) is 61.9 Å². The van der Waals surface area contributed by atoms with Crippen molar-refractivity contribution < 1.29 is 31.5 Å². The number of ether oxygens (including phenoxy) is 1. The van der Waals surface area contributed by atoms with Crippen molar-refractivity contribution in [2.45, 2.75) is 57.2 Å². The van der Waals surface area contributed by atoms with Crippen LogP contribution >= 0.6 is 0 Å². The van der Waals surface area contributed by atoms with E-state index in [0.717, 1.165) is 18.2 Å². The Morgan fingerprint density at radius 3 is 2.42 bits per heavy atom. The Labute approximate surface area is 227 Å². The van der Waals surface area contributed by atoms with Crippen molar-refractivity contribution >= 4 is 5.78 Å². The number of alkyl halides is 3. The van der Waals surface area contributed by atoms with Gasteiger partial charge in [-0.3, -0.25) is 9.48 Å². The predicted octanol–water partition coefficient (Wildman–Crippen LogP) is 6.24. The molecular weight excluding hydrogens is 531 g/mol. The van der Waals surface area contributed by atoms with E-state index >= 15 is 0 Å². The van der Waals surface area contributed by atoms with Gasteiger partial charge in [-0.1, -0.05) is 0 Å². The second kappa shape index (κ2) is 11.2. The zero-order valence-electron chi connectivity index (χ0n) is 21.7. The molecule has 0 saturated carbocycles. The van der Waals surface area contributed by atoms with Gasteiger partial charge in [0, 0.05) is 47.7 Å². The lowest BCUT2D eigenvalue weighted by Gasteiger charge is -2.19. The first-order chi connectivity index (χ1) is 19.1. The Kier molecular flexibility index (Phi) is 7.73. The van der Waals surface area contributed by atoms with E-state index in [1.807, 2.05) is 0 Å². The number of Topliss-reactive ketones (excluding diaryl/α,β-unsaturated/α-hetero) is 1. The molecule has 0 N–H and O–H groups in total. The van der Waals surface area contributed by atoms with Gasteiger partial charge in [-0.05, 0) is 74.1 Å². The third-order valence-electron chi connectivity index (χ3n) is 7.12. The van der Waals surface area contributed by atoms with Crippen molar-refractivity contribution in [1.82, 2.24) is 19.3 Å². The van der Waals surface area contributed by atoms with Crippen molar-refractivity contribution in [1.29, 1.82) is 0 Å². The molecule has 0 fully saturated rings. The van der Waals surface area contributed by atoms with Crippen molar-refractivity contribution in [2.24, 2.45) is 0 Å². The number of carbonyl (C=O) groups excluding carboxylic acids is 1. The lowest BCUT2D eigenvalue weighted by molar-refractivity contribution is -0.142. The van der Waals surface area contributed by atoms with E-state index < -0.39 is 29.4 Å². The third-order valence-corrected chi connectivity index (χ3v) is 7.12. The molecule has 0 bridgehead atoms. The summed E-state index contributed by atoms with van der Waals surface area (Å²) >= 11 is 0. The fourth-order valence-electron chi connectivity index (χ4n) is 5.38. The highest BCUT2D eigenvalue weighted by Gasteiger charge is 2.39. The second-order valence-electron chi connectivity index (χ2n) is 9.91.